The fraction of sp³-hybridized carbons (Fsp3) is 0.250. The summed E-state index contributed by atoms with van der Waals surface area (Å²) in [5.41, 5.74) is 1.03. The second-order valence-electron chi connectivity index (χ2n) is 7.25. The van der Waals surface area contributed by atoms with E-state index in [-0.39, 0.29) is 19.5 Å². The molecule has 0 saturated carbocycles. The molecule has 0 atom stereocenters. The summed E-state index contributed by atoms with van der Waals surface area (Å²) < 4.78 is 85.5. The Morgan fingerprint density at radius 1 is 0.697 bits per heavy atom. The molecule has 0 aliphatic carbocycles. The molecule has 0 aromatic heterocycles. The molecule has 176 valence electrons. The molecule has 0 amide bonds. The van der Waals surface area contributed by atoms with E-state index in [0.29, 0.717) is 22.7 Å². The van der Waals surface area contributed by atoms with Crippen molar-refractivity contribution in [3.05, 3.63) is 84.4 Å². The van der Waals surface area contributed by atoms with Gasteiger partial charge in [-0.2, -0.15) is 13.2 Å². The number of nitrogens with zero attached hydrogens (tertiary/aromatic N) is 1. The number of ether oxygens (including phenoxy) is 2. The standard InChI is InChI=1S/C24H21F6NO2/c25-23(26,27)13-6-14-31(17-18-7-4-12-22(15-18)33-24(28,29)30)19-8-5-11-21(16-19)32-20-9-2-1-3-10-20/h1-5,7-12,15-16H,6,13-14,17H2. The van der Waals surface area contributed by atoms with Gasteiger partial charge in [-0.25, -0.2) is 0 Å². The van der Waals surface area contributed by atoms with Crippen LogP contribution in [0.3, 0.4) is 0 Å². The summed E-state index contributed by atoms with van der Waals surface area (Å²) in [6.07, 6.45) is -10.3. The first-order valence-corrected chi connectivity index (χ1v) is 10.1. The van der Waals surface area contributed by atoms with E-state index in [2.05, 4.69) is 4.74 Å². The lowest BCUT2D eigenvalue weighted by molar-refractivity contribution is -0.274. The van der Waals surface area contributed by atoms with Crippen molar-refractivity contribution in [2.24, 2.45) is 0 Å². The van der Waals surface area contributed by atoms with Crippen molar-refractivity contribution in [1.29, 1.82) is 0 Å². The van der Waals surface area contributed by atoms with Crippen LogP contribution in [0.5, 0.6) is 17.2 Å². The summed E-state index contributed by atoms with van der Waals surface area (Å²) in [5.74, 6) is 0.681. The summed E-state index contributed by atoms with van der Waals surface area (Å²) in [4.78, 5) is 1.66. The minimum atomic E-state index is -4.84. The fourth-order valence-electron chi connectivity index (χ4n) is 3.20. The van der Waals surface area contributed by atoms with Gasteiger partial charge in [-0.1, -0.05) is 36.4 Å². The van der Waals surface area contributed by atoms with Crippen molar-refractivity contribution in [2.45, 2.75) is 31.9 Å². The molecule has 0 fully saturated rings. The molecule has 0 N–H and O–H groups in total. The predicted octanol–water partition coefficient (Wildman–Crippen LogP) is 7.73. The largest absolute Gasteiger partial charge is 0.573 e. The van der Waals surface area contributed by atoms with Crippen LogP contribution >= 0.6 is 0 Å². The lowest BCUT2D eigenvalue weighted by Gasteiger charge is -2.26. The minimum Gasteiger partial charge on any atom is -0.457 e. The zero-order valence-electron chi connectivity index (χ0n) is 17.4. The van der Waals surface area contributed by atoms with Crippen molar-refractivity contribution in [2.75, 3.05) is 11.4 Å². The maximum atomic E-state index is 12.7. The quantitative estimate of drug-likeness (QED) is 0.300. The zero-order valence-corrected chi connectivity index (χ0v) is 17.4. The summed E-state index contributed by atoms with van der Waals surface area (Å²) >= 11 is 0. The Bertz CT molecular complexity index is 1020. The van der Waals surface area contributed by atoms with Crippen molar-refractivity contribution in [3.8, 4) is 17.2 Å². The van der Waals surface area contributed by atoms with Gasteiger partial charge in [-0.15, -0.1) is 13.2 Å². The molecule has 3 nitrogen and oxygen atoms in total. The molecule has 33 heavy (non-hydrogen) atoms. The highest BCUT2D eigenvalue weighted by Gasteiger charge is 2.31. The molecular weight excluding hydrogens is 448 g/mol. The predicted molar refractivity (Wildman–Crippen MR) is 112 cm³/mol. The molecule has 0 spiro atoms. The minimum absolute atomic E-state index is 0.0403. The highest BCUT2D eigenvalue weighted by atomic mass is 19.4. The van der Waals surface area contributed by atoms with Gasteiger partial charge in [-0.3, -0.25) is 0 Å². The molecule has 0 unspecified atom stereocenters. The van der Waals surface area contributed by atoms with Crippen molar-refractivity contribution in [1.82, 2.24) is 0 Å². The molecule has 9 heteroatoms. The van der Waals surface area contributed by atoms with Crippen molar-refractivity contribution in [3.63, 3.8) is 0 Å². The summed E-state index contributed by atoms with van der Waals surface area (Å²) in [6, 6.07) is 21.1. The monoisotopic (exact) mass is 469 g/mol. The van der Waals surface area contributed by atoms with Gasteiger partial charge in [0.1, 0.15) is 17.2 Å². The Labute approximate surface area is 187 Å². The second kappa shape index (κ2) is 10.5. The van der Waals surface area contributed by atoms with Gasteiger partial charge in [0.25, 0.3) is 0 Å². The molecular formula is C24H21F6NO2. The van der Waals surface area contributed by atoms with E-state index in [9.17, 15) is 26.3 Å². The molecule has 0 aliphatic rings. The number of hydrogen-bond acceptors (Lipinski definition) is 3. The Kier molecular flexibility index (Phi) is 7.73. The van der Waals surface area contributed by atoms with Gasteiger partial charge in [0.05, 0.1) is 0 Å². The first-order valence-electron chi connectivity index (χ1n) is 10.1. The van der Waals surface area contributed by atoms with E-state index in [1.807, 2.05) is 6.07 Å². The van der Waals surface area contributed by atoms with Crippen LogP contribution in [0.25, 0.3) is 0 Å². The van der Waals surface area contributed by atoms with Crippen LogP contribution in [0.4, 0.5) is 32.0 Å². The van der Waals surface area contributed by atoms with E-state index in [1.54, 1.807) is 59.5 Å². The maximum Gasteiger partial charge on any atom is 0.573 e. The Morgan fingerprint density at radius 2 is 1.36 bits per heavy atom. The van der Waals surface area contributed by atoms with E-state index in [0.717, 1.165) is 0 Å². The normalized spacial score (nSPS) is 11.8. The highest BCUT2D eigenvalue weighted by molar-refractivity contribution is 5.52. The van der Waals surface area contributed by atoms with Crippen LogP contribution in [-0.4, -0.2) is 19.1 Å². The number of hydrogen-bond donors (Lipinski definition) is 0. The van der Waals surface area contributed by atoms with Crippen LogP contribution in [0, 0.1) is 0 Å². The van der Waals surface area contributed by atoms with Crippen LogP contribution in [-0.2, 0) is 6.54 Å². The molecule has 0 heterocycles. The van der Waals surface area contributed by atoms with Gasteiger partial charge in [0.15, 0.2) is 0 Å². The van der Waals surface area contributed by atoms with Crippen LogP contribution in [0.1, 0.15) is 18.4 Å². The number of benzene rings is 3. The number of rotatable bonds is 9. The lowest BCUT2D eigenvalue weighted by atomic mass is 10.1. The highest BCUT2D eigenvalue weighted by Crippen LogP contribution is 2.29. The van der Waals surface area contributed by atoms with Gasteiger partial charge in [-0.05, 0) is 48.4 Å². The van der Waals surface area contributed by atoms with E-state index in [4.69, 9.17) is 4.74 Å². The van der Waals surface area contributed by atoms with E-state index < -0.39 is 24.7 Å². The smallest absolute Gasteiger partial charge is 0.457 e. The Balaban J connectivity index is 1.81. The first kappa shape index (κ1) is 24.3. The third-order valence-electron chi connectivity index (χ3n) is 4.56. The molecule has 3 aromatic carbocycles. The van der Waals surface area contributed by atoms with Gasteiger partial charge in [0.2, 0.25) is 0 Å². The Hall–Kier alpha value is -3.36. The van der Waals surface area contributed by atoms with Gasteiger partial charge in [0, 0.05) is 31.3 Å². The van der Waals surface area contributed by atoms with Crippen LogP contribution in [0.2, 0.25) is 0 Å². The van der Waals surface area contributed by atoms with Gasteiger partial charge >= 0.3 is 12.5 Å². The topological polar surface area (TPSA) is 21.7 Å². The average molecular weight is 469 g/mol. The Morgan fingerprint density at radius 3 is 2.06 bits per heavy atom. The summed E-state index contributed by atoms with van der Waals surface area (Å²) in [6.45, 7) is 0.125. The number of para-hydroxylation sites is 1. The average Bonchev–Trinajstić information content (AvgIpc) is 2.72. The molecule has 0 radical (unpaired) electrons. The second-order valence-corrected chi connectivity index (χ2v) is 7.25. The summed E-state index contributed by atoms with van der Waals surface area (Å²) in [7, 11) is 0. The number of alkyl halides is 6. The molecule has 0 saturated heterocycles. The third kappa shape index (κ3) is 8.59. The SMILES string of the molecule is FC(F)(F)CCCN(Cc1cccc(OC(F)(F)F)c1)c1cccc(Oc2ccccc2)c1. The van der Waals surface area contributed by atoms with E-state index in [1.165, 1.54) is 18.2 Å². The number of halogens is 6. The zero-order chi connectivity index (χ0) is 23.9. The van der Waals surface area contributed by atoms with E-state index >= 15 is 0 Å². The third-order valence-corrected chi connectivity index (χ3v) is 4.56. The van der Waals surface area contributed by atoms with Gasteiger partial charge < -0.3 is 14.4 Å². The molecule has 0 bridgehead atoms. The molecule has 3 aromatic rings. The maximum absolute atomic E-state index is 12.7. The first-order chi connectivity index (χ1) is 15.6. The van der Waals surface area contributed by atoms with Crippen LogP contribution in [0.15, 0.2) is 78.9 Å². The molecule has 0 aliphatic heterocycles. The molecule has 3 rings (SSSR count). The fourth-order valence-corrected chi connectivity index (χ4v) is 3.20. The summed E-state index contributed by atoms with van der Waals surface area (Å²) in [5, 5.41) is 0. The lowest BCUT2D eigenvalue weighted by Crippen LogP contribution is -2.25. The number of anilines is 1. The van der Waals surface area contributed by atoms with Crippen LogP contribution < -0.4 is 14.4 Å². The van der Waals surface area contributed by atoms with Crippen molar-refractivity contribution >= 4 is 5.69 Å². The van der Waals surface area contributed by atoms with Crippen molar-refractivity contribution < 1.29 is 35.8 Å².